The third-order valence-corrected chi connectivity index (χ3v) is 1.98. The van der Waals surface area contributed by atoms with Crippen LogP contribution in [0.3, 0.4) is 0 Å². The molecule has 5 heteroatoms. The number of rotatable bonds is 6. The Morgan fingerprint density at radius 1 is 1.50 bits per heavy atom. The summed E-state index contributed by atoms with van der Waals surface area (Å²) in [7, 11) is 0. The monoisotopic (exact) mass is 226 g/mol. The molecule has 0 aliphatic carbocycles. The quantitative estimate of drug-likeness (QED) is 0.527. The van der Waals surface area contributed by atoms with E-state index in [2.05, 4.69) is 11.2 Å². The first-order valence-electron chi connectivity index (χ1n) is 5.09. The van der Waals surface area contributed by atoms with E-state index < -0.39 is 24.0 Å². The van der Waals surface area contributed by atoms with Gasteiger partial charge in [-0.15, -0.1) is 12.3 Å². The molecule has 0 aromatic rings. The maximum Gasteiger partial charge on any atom is 0.249 e. The van der Waals surface area contributed by atoms with Gasteiger partial charge in [-0.2, -0.15) is 0 Å². The molecule has 0 saturated carbocycles. The van der Waals surface area contributed by atoms with Crippen LogP contribution in [0.2, 0.25) is 0 Å². The summed E-state index contributed by atoms with van der Waals surface area (Å²) in [4.78, 5) is 22.3. The van der Waals surface area contributed by atoms with Crippen LogP contribution in [-0.2, 0) is 9.59 Å². The lowest BCUT2D eigenvalue weighted by molar-refractivity contribution is -0.133. The minimum absolute atomic E-state index is 0.0233. The Kier molecular flexibility index (Phi) is 6.19. The van der Waals surface area contributed by atoms with Crippen molar-refractivity contribution in [1.29, 1.82) is 0 Å². The first-order valence-corrected chi connectivity index (χ1v) is 5.09. The highest BCUT2D eigenvalue weighted by molar-refractivity contribution is 5.88. The number of hydrogen-bond donors (Lipinski definition) is 3. The van der Waals surface area contributed by atoms with Gasteiger partial charge in [0.15, 0.2) is 0 Å². The van der Waals surface area contributed by atoms with Crippen LogP contribution in [0.5, 0.6) is 0 Å². The number of nitrogens with two attached hydrogens (primary N) is 1. The zero-order chi connectivity index (χ0) is 12.7. The van der Waals surface area contributed by atoms with Crippen LogP contribution in [0.4, 0.5) is 0 Å². The Labute approximate surface area is 95.4 Å². The topological polar surface area (TPSA) is 92.4 Å². The fraction of sp³-hybridized carbons (Fsp3) is 0.636. The molecule has 0 radical (unpaired) electrons. The number of aliphatic hydroxyl groups is 1. The van der Waals surface area contributed by atoms with E-state index in [4.69, 9.17) is 12.2 Å². The van der Waals surface area contributed by atoms with Crippen molar-refractivity contribution < 1.29 is 14.7 Å². The van der Waals surface area contributed by atoms with E-state index in [0.717, 1.165) is 0 Å². The van der Waals surface area contributed by atoms with Gasteiger partial charge in [0, 0.05) is 6.42 Å². The van der Waals surface area contributed by atoms with Crippen molar-refractivity contribution >= 4 is 11.8 Å². The average molecular weight is 226 g/mol. The van der Waals surface area contributed by atoms with Gasteiger partial charge in [0.25, 0.3) is 0 Å². The molecule has 0 unspecified atom stereocenters. The van der Waals surface area contributed by atoms with E-state index in [-0.39, 0.29) is 12.3 Å². The third-order valence-electron chi connectivity index (χ3n) is 1.98. The zero-order valence-corrected chi connectivity index (χ0v) is 9.56. The highest BCUT2D eigenvalue weighted by atomic mass is 16.3. The van der Waals surface area contributed by atoms with Gasteiger partial charge in [-0.3, -0.25) is 9.59 Å². The first kappa shape index (κ1) is 14.5. The summed E-state index contributed by atoms with van der Waals surface area (Å²) in [5, 5.41) is 11.8. The predicted molar refractivity (Wildman–Crippen MR) is 60.0 cm³/mol. The van der Waals surface area contributed by atoms with Crippen molar-refractivity contribution in [3.05, 3.63) is 0 Å². The van der Waals surface area contributed by atoms with Gasteiger partial charge < -0.3 is 16.2 Å². The van der Waals surface area contributed by atoms with E-state index in [0.29, 0.717) is 6.42 Å². The van der Waals surface area contributed by atoms with Crippen LogP contribution in [0.25, 0.3) is 0 Å². The second-order valence-corrected chi connectivity index (χ2v) is 4.02. The summed E-state index contributed by atoms with van der Waals surface area (Å²) >= 11 is 0. The van der Waals surface area contributed by atoms with Gasteiger partial charge in [0.1, 0.15) is 12.1 Å². The number of hydrogen-bond acceptors (Lipinski definition) is 3. The van der Waals surface area contributed by atoms with Crippen molar-refractivity contribution in [2.75, 3.05) is 0 Å². The molecule has 0 saturated heterocycles. The number of terminal acetylenes is 1. The smallest absolute Gasteiger partial charge is 0.249 e. The molecular weight excluding hydrogens is 208 g/mol. The SMILES string of the molecule is C#CC[C@H](NC(=O)[C@@H](O)CC(C)C)C(N)=O. The number of primary amides is 1. The second kappa shape index (κ2) is 6.85. The van der Waals surface area contributed by atoms with Gasteiger partial charge in [-0.1, -0.05) is 13.8 Å². The molecular formula is C11H18N2O3. The average Bonchev–Trinajstić information content (AvgIpc) is 2.15. The van der Waals surface area contributed by atoms with Crippen LogP contribution >= 0.6 is 0 Å². The van der Waals surface area contributed by atoms with E-state index in [9.17, 15) is 14.7 Å². The molecule has 4 N–H and O–H groups in total. The molecule has 0 fully saturated rings. The Morgan fingerprint density at radius 3 is 2.44 bits per heavy atom. The molecule has 0 heterocycles. The highest BCUT2D eigenvalue weighted by Gasteiger charge is 2.22. The van der Waals surface area contributed by atoms with Crippen LogP contribution < -0.4 is 11.1 Å². The maximum atomic E-state index is 11.4. The fourth-order valence-corrected chi connectivity index (χ4v) is 1.16. The Balaban J connectivity index is 4.30. The van der Waals surface area contributed by atoms with Crippen LogP contribution in [0.15, 0.2) is 0 Å². The fourth-order valence-electron chi connectivity index (χ4n) is 1.16. The van der Waals surface area contributed by atoms with Gasteiger partial charge in [0.05, 0.1) is 0 Å². The largest absolute Gasteiger partial charge is 0.383 e. The van der Waals surface area contributed by atoms with Gasteiger partial charge in [-0.05, 0) is 12.3 Å². The van der Waals surface area contributed by atoms with Gasteiger partial charge in [-0.25, -0.2) is 0 Å². The summed E-state index contributed by atoms with van der Waals surface area (Å²) in [5.74, 6) is 1.09. The number of carbonyl (C=O) groups is 2. The lowest BCUT2D eigenvalue weighted by Crippen LogP contribution is -2.48. The van der Waals surface area contributed by atoms with Crippen LogP contribution in [-0.4, -0.2) is 29.1 Å². The van der Waals surface area contributed by atoms with E-state index in [1.165, 1.54) is 0 Å². The maximum absolute atomic E-state index is 11.4. The standard InChI is InChI=1S/C11H18N2O3/c1-4-5-8(10(12)15)13-11(16)9(14)6-7(2)3/h1,7-9,14H,5-6H2,2-3H3,(H2,12,15)(H,13,16)/t8-,9-/m0/s1. The third kappa shape index (κ3) is 5.37. The normalized spacial score (nSPS) is 13.9. The van der Waals surface area contributed by atoms with Crippen LogP contribution in [0, 0.1) is 18.3 Å². The van der Waals surface area contributed by atoms with Crippen molar-refractivity contribution in [2.45, 2.75) is 38.8 Å². The summed E-state index contributed by atoms with van der Waals surface area (Å²) < 4.78 is 0. The molecule has 0 aliphatic heterocycles. The predicted octanol–water partition coefficient (Wildman–Crippen LogP) is -0.613. The summed E-state index contributed by atoms with van der Waals surface area (Å²) in [6.45, 7) is 3.76. The Bertz CT molecular complexity index is 294. The van der Waals surface area contributed by atoms with Crippen molar-refractivity contribution in [3.8, 4) is 12.3 Å². The minimum Gasteiger partial charge on any atom is -0.383 e. The molecule has 90 valence electrons. The number of amides is 2. The molecule has 2 atom stereocenters. The molecule has 0 bridgehead atoms. The first-order chi connectivity index (χ1) is 7.38. The lowest BCUT2D eigenvalue weighted by Gasteiger charge is -2.17. The molecule has 0 aromatic heterocycles. The van der Waals surface area contributed by atoms with E-state index in [1.807, 2.05) is 13.8 Å². The lowest BCUT2D eigenvalue weighted by atomic mass is 10.0. The summed E-state index contributed by atoms with van der Waals surface area (Å²) in [6.07, 6.45) is 4.24. The molecule has 16 heavy (non-hydrogen) atoms. The van der Waals surface area contributed by atoms with Crippen molar-refractivity contribution in [3.63, 3.8) is 0 Å². The van der Waals surface area contributed by atoms with Crippen molar-refractivity contribution in [1.82, 2.24) is 5.32 Å². The minimum atomic E-state index is -1.14. The molecule has 2 amide bonds. The summed E-state index contributed by atoms with van der Waals surface area (Å²) in [6, 6.07) is -0.917. The molecule has 0 rings (SSSR count). The van der Waals surface area contributed by atoms with Crippen molar-refractivity contribution in [2.24, 2.45) is 11.7 Å². The summed E-state index contributed by atoms with van der Waals surface area (Å²) in [5.41, 5.74) is 5.04. The van der Waals surface area contributed by atoms with E-state index >= 15 is 0 Å². The van der Waals surface area contributed by atoms with Gasteiger partial charge in [0.2, 0.25) is 11.8 Å². The zero-order valence-electron chi connectivity index (χ0n) is 9.56. The Hall–Kier alpha value is -1.54. The molecule has 0 aliphatic rings. The molecule has 0 aromatic carbocycles. The van der Waals surface area contributed by atoms with Crippen LogP contribution in [0.1, 0.15) is 26.7 Å². The molecule has 5 nitrogen and oxygen atoms in total. The van der Waals surface area contributed by atoms with Gasteiger partial charge >= 0.3 is 0 Å². The number of aliphatic hydroxyl groups excluding tert-OH is 1. The number of carbonyl (C=O) groups excluding carboxylic acids is 2. The number of nitrogens with one attached hydrogen (secondary N) is 1. The highest BCUT2D eigenvalue weighted by Crippen LogP contribution is 2.04. The Morgan fingerprint density at radius 2 is 2.06 bits per heavy atom. The second-order valence-electron chi connectivity index (χ2n) is 4.02. The molecule has 0 spiro atoms. The van der Waals surface area contributed by atoms with E-state index in [1.54, 1.807) is 0 Å².